The van der Waals surface area contributed by atoms with Crippen molar-refractivity contribution >= 4 is 17.9 Å². The molecule has 184 valence electrons. The molecule has 1 saturated carbocycles. The van der Waals surface area contributed by atoms with Crippen molar-refractivity contribution in [2.24, 2.45) is 11.8 Å². The zero-order chi connectivity index (χ0) is 24.2. The minimum atomic E-state index is -0.884. The maximum atomic E-state index is 12.5. The number of urea groups is 1. The number of carboxylic acid groups (broad SMARTS) is 1. The summed E-state index contributed by atoms with van der Waals surface area (Å²) in [6.07, 6.45) is 3.63. The molecular weight excluding hydrogens is 422 g/mol. The molecule has 0 aromatic heterocycles. The van der Waals surface area contributed by atoms with Gasteiger partial charge in [0.2, 0.25) is 5.91 Å². The number of rotatable bonds is 12. The van der Waals surface area contributed by atoms with E-state index < -0.39 is 11.9 Å². The highest BCUT2D eigenvalue weighted by atomic mass is 16.5. The van der Waals surface area contributed by atoms with Crippen LogP contribution in [-0.4, -0.2) is 60.3 Å². The second-order valence-electron chi connectivity index (χ2n) is 8.79. The molecule has 8 nitrogen and oxygen atoms in total. The Bertz CT molecular complexity index is 768. The van der Waals surface area contributed by atoms with Crippen LogP contribution in [0.3, 0.4) is 0 Å². The number of carbonyl (C=O) groups excluding carboxylic acids is 2. The van der Waals surface area contributed by atoms with Crippen molar-refractivity contribution in [1.29, 1.82) is 0 Å². The summed E-state index contributed by atoms with van der Waals surface area (Å²) in [5.74, 6) is -1.70. The molecule has 0 bridgehead atoms. The van der Waals surface area contributed by atoms with Gasteiger partial charge in [-0.15, -0.1) is 0 Å². The molecule has 1 aromatic carbocycles. The standard InChI is InChI=1S/C25H39N3O5/c1-4-20(24(30)31)16-27-23(29)21-7-6-8-22(15-21)33-14-13-28(25(32)26-5-2)17-19-11-9-18(3)10-12-19/h9-12,20-22H,4-8,13-17H2,1-3H3,(H,26,32)(H,27,29)(H,30,31)/t20?,21-,22+/m1/s1. The van der Waals surface area contributed by atoms with E-state index in [4.69, 9.17) is 9.84 Å². The normalized spacial score (nSPS) is 18.9. The fourth-order valence-electron chi connectivity index (χ4n) is 4.07. The van der Waals surface area contributed by atoms with Crippen LogP contribution in [0.2, 0.25) is 0 Å². The average Bonchev–Trinajstić information content (AvgIpc) is 2.80. The summed E-state index contributed by atoms with van der Waals surface area (Å²) in [7, 11) is 0. The molecule has 3 atom stereocenters. The van der Waals surface area contributed by atoms with E-state index in [0.717, 1.165) is 24.8 Å². The summed E-state index contributed by atoms with van der Waals surface area (Å²) in [5.41, 5.74) is 2.24. The monoisotopic (exact) mass is 461 g/mol. The Labute approximate surface area is 197 Å². The first kappa shape index (κ1) is 26.6. The summed E-state index contributed by atoms with van der Waals surface area (Å²) in [4.78, 5) is 37.9. The number of hydrogen-bond acceptors (Lipinski definition) is 4. The average molecular weight is 462 g/mol. The van der Waals surface area contributed by atoms with Crippen LogP contribution in [0.5, 0.6) is 0 Å². The van der Waals surface area contributed by atoms with Gasteiger partial charge >= 0.3 is 12.0 Å². The summed E-state index contributed by atoms with van der Waals surface area (Å²) < 4.78 is 6.07. The summed E-state index contributed by atoms with van der Waals surface area (Å²) in [6.45, 7) is 7.82. The van der Waals surface area contributed by atoms with Gasteiger partial charge in [-0.05, 0) is 45.1 Å². The van der Waals surface area contributed by atoms with E-state index in [1.807, 2.05) is 38.1 Å². The Kier molecular flexibility index (Phi) is 11.2. The van der Waals surface area contributed by atoms with E-state index in [-0.39, 0.29) is 30.5 Å². The SMILES string of the molecule is CCNC(=O)N(CCO[C@H]1CCC[C@@H](C(=O)NCC(CC)C(=O)O)C1)Cc1ccc(C)cc1. The predicted molar refractivity (Wildman–Crippen MR) is 127 cm³/mol. The lowest BCUT2D eigenvalue weighted by Crippen LogP contribution is -2.42. The van der Waals surface area contributed by atoms with Crippen LogP contribution >= 0.6 is 0 Å². The Morgan fingerprint density at radius 2 is 1.88 bits per heavy atom. The van der Waals surface area contributed by atoms with Gasteiger partial charge in [0.15, 0.2) is 0 Å². The highest BCUT2D eigenvalue weighted by molar-refractivity contribution is 5.79. The largest absolute Gasteiger partial charge is 0.481 e. The molecule has 1 aliphatic carbocycles. The lowest BCUT2D eigenvalue weighted by atomic mass is 9.86. The van der Waals surface area contributed by atoms with Gasteiger partial charge in [-0.1, -0.05) is 43.2 Å². The number of nitrogens with one attached hydrogen (secondary N) is 2. The fourth-order valence-corrected chi connectivity index (χ4v) is 4.07. The van der Waals surface area contributed by atoms with Crippen LogP contribution in [0.15, 0.2) is 24.3 Å². The third-order valence-electron chi connectivity index (χ3n) is 6.19. The Morgan fingerprint density at radius 1 is 1.15 bits per heavy atom. The number of benzene rings is 1. The maximum Gasteiger partial charge on any atom is 0.317 e. The van der Waals surface area contributed by atoms with Crippen LogP contribution in [0.4, 0.5) is 4.79 Å². The third-order valence-corrected chi connectivity index (χ3v) is 6.19. The summed E-state index contributed by atoms with van der Waals surface area (Å²) in [6, 6.07) is 8.01. The van der Waals surface area contributed by atoms with Gasteiger partial charge in [-0.25, -0.2) is 4.79 Å². The maximum absolute atomic E-state index is 12.5. The van der Waals surface area contributed by atoms with E-state index in [1.54, 1.807) is 11.8 Å². The van der Waals surface area contributed by atoms with Gasteiger partial charge in [0, 0.05) is 32.1 Å². The minimum absolute atomic E-state index is 0.0357. The Morgan fingerprint density at radius 3 is 2.52 bits per heavy atom. The first-order valence-electron chi connectivity index (χ1n) is 12.0. The molecule has 0 spiro atoms. The van der Waals surface area contributed by atoms with Crippen molar-refractivity contribution in [1.82, 2.24) is 15.5 Å². The molecule has 8 heteroatoms. The molecule has 1 fully saturated rings. The van der Waals surface area contributed by atoms with Gasteiger partial charge in [-0.3, -0.25) is 9.59 Å². The molecule has 1 unspecified atom stereocenters. The highest BCUT2D eigenvalue weighted by Gasteiger charge is 2.28. The molecule has 33 heavy (non-hydrogen) atoms. The number of carboxylic acids is 1. The van der Waals surface area contributed by atoms with E-state index >= 15 is 0 Å². The predicted octanol–water partition coefficient (Wildman–Crippen LogP) is 3.33. The molecule has 0 heterocycles. The number of nitrogens with zero attached hydrogens (tertiary/aromatic N) is 1. The van der Waals surface area contributed by atoms with Crippen molar-refractivity contribution < 1.29 is 24.2 Å². The number of hydrogen-bond donors (Lipinski definition) is 3. The minimum Gasteiger partial charge on any atom is -0.481 e. The van der Waals surface area contributed by atoms with E-state index in [1.165, 1.54) is 5.56 Å². The van der Waals surface area contributed by atoms with Crippen molar-refractivity contribution in [3.8, 4) is 0 Å². The molecule has 2 rings (SSSR count). The smallest absolute Gasteiger partial charge is 0.317 e. The molecule has 1 aliphatic rings. The second kappa shape index (κ2) is 13.8. The Hall–Kier alpha value is -2.61. The number of amides is 3. The van der Waals surface area contributed by atoms with Crippen LogP contribution in [0.25, 0.3) is 0 Å². The number of carbonyl (C=O) groups is 3. The topological polar surface area (TPSA) is 108 Å². The first-order chi connectivity index (χ1) is 15.8. The molecule has 0 saturated heterocycles. The number of ether oxygens (including phenoxy) is 1. The van der Waals surface area contributed by atoms with Crippen molar-refractivity contribution in [2.75, 3.05) is 26.2 Å². The molecule has 3 N–H and O–H groups in total. The van der Waals surface area contributed by atoms with Gasteiger partial charge < -0.3 is 25.4 Å². The van der Waals surface area contributed by atoms with Crippen LogP contribution in [-0.2, 0) is 20.9 Å². The van der Waals surface area contributed by atoms with Gasteiger partial charge in [0.25, 0.3) is 0 Å². The zero-order valence-corrected chi connectivity index (χ0v) is 20.1. The summed E-state index contributed by atoms with van der Waals surface area (Å²) >= 11 is 0. The zero-order valence-electron chi connectivity index (χ0n) is 20.1. The summed E-state index contributed by atoms with van der Waals surface area (Å²) in [5, 5.41) is 14.8. The molecule has 0 aliphatic heterocycles. The molecular formula is C25H39N3O5. The highest BCUT2D eigenvalue weighted by Crippen LogP contribution is 2.26. The van der Waals surface area contributed by atoms with Crippen molar-refractivity contribution in [2.45, 2.75) is 65.5 Å². The quantitative estimate of drug-likeness (QED) is 0.443. The second-order valence-corrected chi connectivity index (χ2v) is 8.79. The first-order valence-corrected chi connectivity index (χ1v) is 12.0. The van der Waals surface area contributed by atoms with Crippen LogP contribution in [0, 0.1) is 18.8 Å². The van der Waals surface area contributed by atoms with Crippen LogP contribution < -0.4 is 10.6 Å². The molecule has 3 amide bonds. The lowest BCUT2D eigenvalue weighted by molar-refractivity contribution is -0.142. The van der Waals surface area contributed by atoms with Crippen LogP contribution in [0.1, 0.15) is 57.1 Å². The van der Waals surface area contributed by atoms with E-state index in [9.17, 15) is 14.4 Å². The van der Waals surface area contributed by atoms with Gasteiger partial charge in [0.1, 0.15) is 0 Å². The molecule has 1 aromatic rings. The number of aliphatic carboxylic acids is 1. The van der Waals surface area contributed by atoms with Gasteiger partial charge in [-0.2, -0.15) is 0 Å². The fraction of sp³-hybridized carbons (Fsp3) is 0.640. The van der Waals surface area contributed by atoms with Gasteiger partial charge in [0.05, 0.1) is 18.6 Å². The van der Waals surface area contributed by atoms with Crippen molar-refractivity contribution in [3.05, 3.63) is 35.4 Å². The van der Waals surface area contributed by atoms with E-state index in [0.29, 0.717) is 39.1 Å². The third kappa shape index (κ3) is 9.04. The lowest BCUT2D eigenvalue weighted by Gasteiger charge is -2.30. The molecule has 0 radical (unpaired) electrons. The van der Waals surface area contributed by atoms with E-state index in [2.05, 4.69) is 10.6 Å². The Balaban J connectivity index is 1.83. The van der Waals surface area contributed by atoms with Crippen molar-refractivity contribution in [3.63, 3.8) is 0 Å². The number of aryl methyl sites for hydroxylation is 1.